The van der Waals surface area contributed by atoms with Gasteiger partial charge < -0.3 is 23.9 Å². The number of benzene rings is 3. The molecule has 3 aromatic carbocycles. The fourth-order valence-corrected chi connectivity index (χ4v) is 4.43. The molecule has 1 aromatic heterocycles. The van der Waals surface area contributed by atoms with E-state index < -0.39 is 18.4 Å². The number of aromatic nitrogens is 1. The van der Waals surface area contributed by atoms with E-state index in [1.807, 2.05) is 42.8 Å². The minimum Gasteiger partial charge on any atom is -0.497 e. The van der Waals surface area contributed by atoms with Crippen LogP contribution in [0.4, 0.5) is 13.2 Å². The molecule has 0 aliphatic heterocycles. The lowest BCUT2D eigenvalue weighted by molar-refractivity contribution is -0.274. The van der Waals surface area contributed by atoms with Crippen LogP contribution in [-0.2, 0) is 29.4 Å². The normalized spacial score (nSPS) is 11.9. The van der Waals surface area contributed by atoms with Gasteiger partial charge in [-0.15, -0.1) is 13.2 Å². The number of alkyl halides is 3. The second-order valence-corrected chi connectivity index (χ2v) is 9.22. The van der Waals surface area contributed by atoms with E-state index in [0.717, 1.165) is 39.9 Å². The zero-order chi connectivity index (χ0) is 30.2. The quantitative estimate of drug-likeness (QED) is 0.218. The average molecular weight is 572 g/mol. The van der Waals surface area contributed by atoms with E-state index in [-0.39, 0.29) is 12.2 Å². The lowest BCUT2D eigenvalue weighted by atomic mass is 9.98. The third-order valence-corrected chi connectivity index (χ3v) is 6.52. The van der Waals surface area contributed by atoms with E-state index in [1.54, 1.807) is 44.4 Å². The molecular weight excluding hydrogens is 539 g/mol. The lowest BCUT2D eigenvalue weighted by Crippen LogP contribution is -2.26. The van der Waals surface area contributed by atoms with Crippen molar-refractivity contribution in [3.63, 3.8) is 0 Å². The highest BCUT2D eigenvalue weighted by molar-refractivity contribution is 5.87. The Hall–Kier alpha value is -4.31. The maximum absolute atomic E-state index is 12.7. The highest BCUT2D eigenvalue weighted by Crippen LogP contribution is 2.32. The summed E-state index contributed by atoms with van der Waals surface area (Å²) < 4.78 is 54.2. The summed E-state index contributed by atoms with van der Waals surface area (Å²) in [5.41, 5.74) is 5.04. The van der Waals surface area contributed by atoms with Crippen LogP contribution in [0, 0.1) is 6.92 Å². The van der Waals surface area contributed by atoms with Crippen molar-refractivity contribution in [2.45, 2.75) is 39.2 Å². The number of aldehydes is 1. The number of fused-ring (bicyclic) bond motifs is 1. The number of hydrogen-bond acceptors (Lipinski definition) is 5. The van der Waals surface area contributed by atoms with Crippen molar-refractivity contribution in [3.05, 3.63) is 94.7 Å². The van der Waals surface area contributed by atoms with Gasteiger partial charge in [-0.25, -0.2) is 4.79 Å². The van der Waals surface area contributed by atoms with Crippen molar-refractivity contribution in [1.29, 1.82) is 0 Å². The molecule has 0 aliphatic carbocycles. The number of aliphatic carboxylic acids is 1. The van der Waals surface area contributed by atoms with Crippen LogP contribution in [-0.4, -0.2) is 48.1 Å². The van der Waals surface area contributed by atoms with Crippen LogP contribution in [0.25, 0.3) is 10.9 Å². The predicted molar refractivity (Wildman–Crippen MR) is 149 cm³/mol. The number of nitrogens with zero attached hydrogens (tertiary/aromatic N) is 1. The third-order valence-electron chi connectivity index (χ3n) is 6.52. The smallest absolute Gasteiger partial charge is 0.497 e. The van der Waals surface area contributed by atoms with Gasteiger partial charge in [-0.3, -0.25) is 4.79 Å². The molecule has 0 amide bonds. The number of ether oxygens (including phenoxy) is 3. The van der Waals surface area contributed by atoms with Crippen molar-refractivity contribution in [2.24, 2.45) is 7.05 Å². The molecule has 1 atom stereocenters. The Morgan fingerprint density at radius 3 is 2.27 bits per heavy atom. The molecular formula is C31H32F3NO6. The van der Waals surface area contributed by atoms with Crippen LogP contribution < -0.4 is 9.47 Å². The molecule has 10 heteroatoms. The SMILES string of the molecule is CCOC(Cc1cccc(Cc2c(C)n(C)c3ccc(OC(F)(F)F)cc23)c1)C(=O)O.COc1ccc(C=O)cc1. The third kappa shape index (κ3) is 8.59. The molecule has 1 N–H and O–H groups in total. The minimum atomic E-state index is -4.76. The molecule has 1 heterocycles. The summed E-state index contributed by atoms with van der Waals surface area (Å²) >= 11 is 0. The summed E-state index contributed by atoms with van der Waals surface area (Å²) in [4.78, 5) is 21.5. The molecule has 1 unspecified atom stereocenters. The lowest BCUT2D eigenvalue weighted by Gasteiger charge is -2.13. The average Bonchev–Trinajstić information content (AvgIpc) is 3.16. The Bertz CT molecular complexity index is 1480. The van der Waals surface area contributed by atoms with E-state index in [0.29, 0.717) is 24.0 Å². The summed E-state index contributed by atoms with van der Waals surface area (Å²) in [5, 5.41) is 10.00. The zero-order valence-corrected chi connectivity index (χ0v) is 23.2. The molecule has 218 valence electrons. The van der Waals surface area contributed by atoms with Gasteiger partial charge in [0.2, 0.25) is 0 Å². The number of carboxylic acid groups (broad SMARTS) is 1. The van der Waals surface area contributed by atoms with Crippen LogP contribution in [0.3, 0.4) is 0 Å². The van der Waals surface area contributed by atoms with Crippen molar-refractivity contribution >= 4 is 23.2 Å². The predicted octanol–water partition coefficient (Wildman–Crippen LogP) is 6.52. The highest BCUT2D eigenvalue weighted by atomic mass is 19.4. The molecule has 0 fully saturated rings. The fourth-order valence-electron chi connectivity index (χ4n) is 4.43. The van der Waals surface area contributed by atoms with Crippen molar-refractivity contribution in [1.82, 2.24) is 4.57 Å². The van der Waals surface area contributed by atoms with Crippen molar-refractivity contribution in [2.75, 3.05) is 13.7 Å². The van der Waals surface area contributed by atoms with Gasteiger partial charge >= 0.3 is 12.3 Å². The standard InChI is InChI=1S/C23H24F3NO4.C8H8O2/c1-4-30-21(22(28)29)12-16-7-5-6-15(10-16)11-18-14(2)27(3)20-9-8-17(13-19(18)20)31-23(24,25)26;1-10-8-4-2-7(6-9)3-5-8/h5-10,13,21H,4,11-12H2,1-3H3,(H,28,29);2-6H,1H3. The number of hydrogen-bond donors (Lipinski definition) is 1. The number of halogens is 3. The number of rotatable bonds is 10. The van der Waals surface area contributed by atoms with Crippen LogP contribution in [0.5, 0.6) is 11.5 Å². The number of methoxy groups -OCH3 is 1. The second kappa shape index (κ2) is 13.8. The first kappa shape index (κ1) is 31.2. The van der Waals surface area contributed by atoms with Gasteiger partial charge in [0.25, 0.3) is 0 Å². The van der Waals surface area contributed by atoms with Gasteiger partial charge in [-0.1, -0.05) is 24.3 Å². The van der Waals surface area contributed by atoms with E-state index in [9.17, 15) is 27.9 Å². The minimum absolute atomic E-state index is 0.231. The topological polar surface area (TPSA) is 87.0 Å². The molecule has 0 aliphatic rings. The number of aryl methyl sites for hydroxylation is 1. The van der Waals surface area contributed by atoms with Gasteiger partial charge in [-0.2, -0.15) is 0 Å². The Balaban J connectivity index is 0.000000389. The summed E-state index contributed by atoms with van der Waals surface area (Å²) in [7, 11) is 3.46. The monoisotopic (exact) mass is 571 g/mol. The molecule has 4 rings (SSSR count). The molecule has 0 saturated carbocycles. The second-order valence-electron chi connectivity index (χ2n) is 9.22. The molecule has 0 spiro atoms. The van der Waals surface area contributed by atoms with Gasteiger partial charge in [0, 0.05) is 42.2 Å². The summed E-state index contributed by atoms with van der Waals surface area (Å²) in [6, 6.07) is 18.8. The Morgan fingerprint density at radius 1 is 1.02 bits per heavy atom. The van der Waals surface area contributed by atoms with Crippen molar-refractivity contribution < 1.29 is 42.1 Å². The van der Waals surface area contributed by atoms with E-state index in [1.165, 1.54) is 12.1 Å². The number of carboxylic acids is 1. The maximum atomic E-state index is 12.7. The fraction of sp³-hybridized carbons (Fsp3) is 0.290. The zero-order valence-electron chi connectivity index (χ0n) is 23.2. The van der Waals surface area contributed by atoms with Crippen LogP contribution in [0.15, 0.2) is 66.7 Å². The molecule has 0 bridgehead atoms. The van der Waals surface area contributed by atoms with Crippen LogP contribution >= 0.6 is 0 Å². The number of carbonyl (C=O) groups excluding carboxylic acids is 1. The van der Waals surface area contributed by atoms with Crippen LogP contribution in [0.2, 0.25) is 0 Å². The van der Waals surface area contributed by atoms with Gasteiger partial charge in [0.15, 0.2) is 6.10 Å². The van der Waals surface area contributed by atoms with Gasteiger partial charge in [0.1, 0.15) is 17.8 Å². The summed E-state index contributed by atoms with van der Waals surface area (Å²) in [5.74, 6) is -0.512. The first-order valence-electron chi connectivity index (χ1n) is 12.8. The largest absolute Gasteiger partial charge is 0.573 e. The summed E-state index contributed by atoms with van der Waals surface area (Å²) in [6.45, 7) is 3.96. The number of carbonyl (C=O) groups is 2. The molecule has 0 radical (unpaired) electrons. The van der Waals surface area contributed by atoms with E-state index in [2.05, 4.69) is 4.74 Å². The first-order chi connectivity index (χ1) is 19.4. The highest BCUT2D eigenvalue weighted by Gasteiger charge is 2.31. The molecule has 41 heavy (non-hydrogen) atoms. The Kier molecular flexibility index (Phi) is 10.5. The van der Waals surface area contributed by atoms with Gasteiger partial charge in [0.05, 0.1) is 7.11 Å². The first-order valence-corrected chi connectivity index (χ1v) is 12.8. The summed E-state index contributed by atoms with van der Waals surface area (Å²) in [6.07, 6.45) is -4.16. The van der Waals surface area contributed by atoms with Crippen LogP contribution in [0.1, 0.15) is 39.7 Å². The van der Waals surface area contributed by atoms with Gasteiger partial charge in [-0.05, 0) is 79.4 Å². The molecule has 0 saturated heterocycles. The molecule has 4 aromatic rings. The van der Waals surface area contributed by atoms with E-state index in [4.69, 9.17) is 9.47 Å². The maximum Gasteiger partial charge on any atom is 0.573 e. The molecule has 7 nitrogen and oxygen atoms in total. The Labute approximate surface area is 236 Å². The van der Waals surface area contributed by atoms with E-state index >= 15 is 0 Å². The van der Waals surface area contributed by atoms with Crippen molar-refractivity contribution in [3.8, 4) is 11.5 Å². The Morgan fingerprint density at radius 2 is 1.68 bits per heavy atom.